The summed E-state index contributed by atoms with van der Waals surface area (Å²) in [6.45, 7) is 0. The quantitative estimate of drug-likeness (QED) is 0.403. The number of hydrogen-bond donors (Lipinski definition) is 2. The molecule has 0 saturated carbocycles. The van der Waals surface area contributed by atoms with Gasteiger partial charge in [-0.25, -0.2) is 4.39 Å². The fourth-order valence-electron chi connectivity index (χ4n) is 1.65. The Kier molecular flexibility index (Phi) is 6.76. The molecule has 0 aromatic rings. The molecule has 164 valence electrons. The molecule has 0 aliphatic carbocycles. The van der Waals surface area contributed by atoms with E-state index in [-0.39, 0.29) is 0 Å². The van der Waals surface area contributed by atoms with Crippen LogP contribution in [0.5, 0.6) is 0 Å². The number of hydrogen-bond acceptors (Lipinski definition) is 2. The van der Waals surface area contributed by atoms with Gasteiger partial charge < -0.3 is 5.11 Å². The van der Waals surface area contributed by atoms with Crippen LogP contribution < -0.4 is 0 Å². The zero-order valence-corrected chi connectivity index (χ0v) is 12.9. The summed E-state index contributed by atoms with van der Waals surface area (Å²) in [5.74, 6) is -31.9. The zero-order valence-electron chi connectivity index (χ0n) is 12.1. The van der Waals surface area contributed by atoms with Crippen molar-refractivity contribution in [1.29, 1.82) is 0 Å². The largest absolute Gasteiger partial charge is 0.438 e. The first kappa shape index (κ1) is 26.3. The normalized spacial score (nSPS) is 17.2. The standard InChI is InChI=1S/C10H7F15OS/c11-4(12,1-3(26)2-27)6(14,15)8(18,19)7(16,17)5(13,9(20,21)22)10(23,24)25/h3,26-27H,1-2H2. The van der Waals surface area contributed by atoms with E-state index in [1.54, 1.807) is 0 Å². The average molecular weight is 460 g/mol. The lowest BCUT2D eigenvalue weighted by Gasteiger charge is -2.43. The van der Waals surface area contributed by atoms with Crippen molar-refractivity contribution >= 4 is 12.6 Å². The molecule has 1 unspecified atom stereocenters. The van der Waals surface area contributed by atoms with Crippen molar-refractivity contribution in [3.8, 4) is 0 Å². The van der Waals surface area contributed by atoms with E-state index in [0.29, 0.717) is 0 Å². The van der Waals surface area contributed by atoms with Gasteiger partial charge in [-0.3, -0.25) is 0 Å². The average Bonchev–Trinajstić information content (AvgIpc) is 2.42. The van der Waals surface area contributed by atoms with E-state index in [9.17, 15) is 65.9 Å². The molecule has 17 heteroatoms. The van der Waals surface area contributed by atoms with Gasteiger partial charge in [0.1, 0.15) is 0 Å². The molecule has 1 nitrogen and oxygen atoms in total. The molecule has 0 spiro atoms. The maximum Gasteiger partial charge on any atom is 0.438 e. The van der Waals surface area contributed by atoms with E-state index >= 15 is 0 Å². The summed E-state index contributed by atoms with van der Waals surface area (Å²) in [7, 11) is 0. The van der Waals surface area contributed by atoms with Crippen molar-refractivity contribution < 1.29 is 71.0 Å². The van der Waals surface area contributed by atoms with Crippen molar-refractivity contribution in [3.05, 3.63) is 0 Å². The fraction of sp³-hybridized carbons (Fsp3) is 1.00. The Morgan fingerprint density at radius 3 is 1.19 bits per heavy atom. The minimum absolute atomic E-state index is 1.16. The molecule has 0 aliphatic rings. The van der Waals surface area contributed by atoms with Gasteiger partial charge in [-0.05, 0) is 0 Å². The molecule has 0 saturated heterocycles. The van der Waals surface area contributed by atoms with Crippen LogP contribution in [0.4, 0.5) is 65.9 Å². The summed E-state index contributed by atoms with van der Waals surface area (Å²) in [4.78, 5) is 0. The van der Waals surface area contributed by atoms with Crippen LogP contribution >= 0.6 is 12.6 Å². The number of halogens is 15. The summed E-state index contributed by atoms with van der Waals surface area (Å²) >= 11 is 3.05. The SMILES string of the molecule is OC(CS)CC(F)(F)C(F)(F)C(F)(F)C(F)(F)C(F)(C(F)(F)F)C(F)(F)F. The van der Waals surface area contributed by atoms with Crippen molar-refractivity contribution in [2.24, 2.45) is 0 Å². The number of aliphatic hydroxyl groups is 1. The van der Waals surface area contributed by atoms with Gasteiger partial charge in [0, 0.05) is 12.2 Å². The van der Waals surface area contributed by atoms with Gasteiger partial charge in [0.25, 0.3) is 0 Å². The van der Waals surface area contributed by atoms with Crippen LogP contribution in [-0.2, 0) is 0 Å². The summed E-state index contributed by atoms with van der Waals surface area (Å²) in [5.41, 5.74) is -8.31. The van der Waals surface area contributed by atoms with Gasteiger partial charge in [0.2, 0.25) is 0 Å². The molecule has 0 amide bonds. The maximum atomic E-state index is 13.3. The van der Waals surface area contributed by atoms with E-state index in [4.69, 9.17) is 5.11 Å². The monoisotopic (exact) mass is 460 g/mol. The van der Waals surface area contributed by atoms with Gasteiger partial charge in [0.05, 0.1) is 6.10 Å². The molecular weight excluding hydrogens is 453 g/mol. The van der Waals surface area contributed by atoms with Crippen molar-refractivity contribution in [1.82, 2.24) is 0 Å². The van der Waals surface area contributed by atoms with E-state index in [2.05, 4.69) is 12.6 Å². The molecule has 0 bridgehead atoms. The smallest absolute Gasteiger partial charge is 0.392 e. The second kappa shape index (κ2) is 6.95. The van der Waals surface area contributed by atoms with Crippen LogP contribution in [0.3, 0.4) is 0 Å². The van der Waals surface area contributed by atoms with Gasteiger partial charge in [0.15, 0.2) is 0 Å². The maximum absolute atomic E-state index is 13.3. The van der Waals surface area contributed by atoms with Crippen LogP contribution in [0.25, 0.3) is 0 Å². The summed E-state index contributed by atoms with van der Waals surface area (Å²) < 4.78 is 192. The molecular formula is C10H7F15OS. The van der Waals surface area contributed by atoms with Crippen molar-refractivity contribution in [3.63, 3.8) is 0 Å². The van der Waals surface area contributed by atoms with Gasteiger partial charge in [-0.15, -0.1) is 0 Å². The van der Waals surface area contributed by atoms with Crippen LogP contribution in [0, 0.1) is 0 Å². The first-order chi connectivity index (χ1) is 11.5. The van der Waals surface area contributed by atoms with Gasteiger partial charge in [-0.2, -0.15) is 74.1 Å². The third-order valence-corrected chi connectivity index (χ3v) is 3.59. The highest BCUT2D eigenvalue weighted by Crippen LogP contribution is 2.64. The van der Waals surface area contributed by atoms with Crippen molar-refractivity contribution in [2.45, 2.75) is 54.2 Å². The molecule has 0 aromatic heterocycles. The van der Waals surface area contributed by atoms with E-state index in [1.807, 2.05) is 0 Å². The van der Waals surface area contributed by atoms with E-state index < -0.39 is 60.0 Å². The topological polar surface area (TPSA) is 20.2 Å². The number of thiol groups is 1. The van der Waals surface area contributed by atoms with Crippen molar-refractivity contribution in [2.75, 3.05) is 5.75 Å². The second-order valence-corrected chi connectivity index (χ2v) is 5.49. The Morgan fingerprint density at radius 2 is 0.926 bits per heavy atom. The van der Waals surface area contributed by atoms with Crippen LogP contribution in [0.2, 0.25) is 0 Å². The fourth-order valence-corrected chi connectivity index (χ4v) is 1.78. The third-order valence-electron chi connectivity index (χ3n) is 3.16. The minimum atomic E-state index is -8.44. The summed E-state index contributed by atoms with van der Waals surface area (Å²) in [6, 6.07) is 0. The summed E-state index contributed by atoms with van der Waals surface area (Å²) in [6.07, 6.45) is -21.4. The Hall–Kier alpha value is -0.740. The van der Waals surface area contributed by atoms with Crippen LogP contribution in [0.1, 0.15) is 6.42 Å². The minimum Gasteiger partial charge on any atom is -0.392 e. The lowest BCUT2D eigenvalue weighted by molar-refractivity contribution is -0.457. The Morgan fingerprint density at radius 1 is 0.593 bits per heavy atom. The Labute approximate surface area is 144 Å². The Bertz CT molecular complexity index is 508. The zero-order chi connectivity index (χ0) is 22.5. The van der Waals surface area contributed by atoms with E-state index in [1.165, 1.54) is 0 Å². The Balaban J connectivity index is 6.60. The van der Waals surface area contributed by atoms with Gasteiger partial charge in [-0.1, -0.05) is 0 Å². The molecule has 0 heterocycles. The summed E-state index contributed by atoms with van der Waals surface area (Å²) in [5, 5.41) is 8.69. The molecule has 0 fully saturated rings. The van der Waals surface area contributed by atoms with E-state index in [0.717, 1.165) is 0 Å². The number of alkyl halides is 15. The predicted octanol–water partition coefficient (Wildman–Crippen LogP) is 5.04. The predicted molar refractivity (Wildman–Crippen MR) is 60.2 cm³/mol. The highest BCUT2D eigenvalue weighted by Gasteiger charge is 2.95. The second-order valence-electron chi connectivity index (χ2n) is 5.12. The first-order valence-electron chi connectivity index (χ1n) is 6.08. The number of aliphatic hydroxyl groups excluding tert-OH is 1. The molecule has 27 heavy (non-hydrogen) atoms. The molecule has 0 aliphatic heterocycles. The highest BCUT2D eigenvalue weighted by atomic mass is 32.1. The lowest BCUT2D eigenvalue weighted by atomic mass is 9.85. The highest BCUT2D eigenvalue weighted by molar-refractivity contribution is 7.80. The first-order valence-corrected chi connectivity index (χ1v) is 6.71. The molecule has 0 aromatic carbocycles. The van der Waals surface area contributed by atoms with Crippen LogP contribution in [-0.4, -0.2) is 58.7 Å². The lowest BCUT2D eigenvalue weighted by Crippen LogP contribution is -2.75. The number of rotatable bonds is 7. The third kappa shape index (κ3) is 3.76. The molecule has 1 atom stereocenters. The molecule has 1 N–H and O–H groups in total. The van der Waals surface area contributed by atoms with Crippen LogP contribution in [0.15, 0.2) is 0 Å². The molecule has 0 rings (SSSR count). The van der Waals surface area contributed by atoms with Gasteiger partial charge >= 0.3 is 41.7 Å². The molecule has 0 radical (unpaired) electrons.